The smallest absolute Gasteiger partial charge is 0.358 e. The maximum atomic E-state index is 14.9. The molecule has 122 valence electrons. The van der Waals surface area contributed by atoms with E-state index in [0.717, 1.165) is 0 Å². The number of carbonyl (C=O) groups is 2. The van der Waals surface area contributed by atoms with E-state index in [9.17, 15) is 14.0 Å². The summed E-state index contributed by atoms with van der Waals surface area (Å²) in [5.41, 5.74) is -0.545. The fraction of sp³-hybridized carbons (Fsp3) is 0.400. The SMILES string of the molecule is C[C@@H]1CN(c2c(C=O)cc3c(C(=O)O)noc3c2F)C[C@H](C)O1. The minimum Gasteiger partial charge on any atom is -0.476 e. The van der Waals surface area contributed by atoms with Gasteiger partial charge in [-0.05, 0) is 19.9 Å². The Labute approximate surface area is 130 Å². The van der Waals surface area contributed by atoms with Crippen molar-refractivity contribution >= 4 is 28.9 Å². The number of nitrogens with zero attached hydrogens (tertiary/aromatic N) is 2. The summed E-state index contributed by atoms with van der Waals surface area (Å²) < 4.78 is 25.3. The molecule has 1 aliphatic heterocycles. The van der Waals surface area contributed by atoms with Crippen molar-refractivity contribution in [3.63, 3.8) is 0 Å². The molecule has 8 heteroatoms. The third-order valence-electron chi connectivity index (χ3n) is 3.77. The standard InChI is InChI=1S/C15H15FN2O5/c1-7-4-18(5-8(2)22-7)13-9(6-19)3-10-12(15(20)21)17-23-14(10)11(13)16/h3,6-8H,4-5H2,1-2H3,(H,20,21)/t7-,8+. The third-order valence-corrected chi connectivity index (χ3v) is 3.77. The van der Waals surface area contributed by atoms with E-state index in [4.69, 9.17) is 14.4 Å². The summed E-state index contributed by atoms with van der Waals surface area (Å²) in [6.07, 6.45) is 0.247. The first-order chi connectivity index (χ1) is 10.9. The van der Waals surface area contributed by atoms with Gasteiger partial charge in [-0.25, -0.2) is 9.18 Å². The highest BCUT2D eigenvalue weighted by atomic mass is 19.1. The molecule has 1 aromatic carbocycles. The van der Waals surface area contributed by atoms with E-state index >= 15 is 0 Å². The zero-order valence-corrected chi connectivity index (χ0v) is 12.6. The van der Waals surface area contributed by atoms with Crippen molar-refractivity contribution in [2.75, 3.05) is 18.0 Å². The van der Waals surface area contributed by atoms with Gasteiger partial charge in [0, 0.05) is 18.7 Å². The lowest BCUT2D eigenvalue weighted by Crippen LogP contribution is -2.46. The number of carbonyl (C=O) groups excluding carboxylic acids is 1. The van der Waals surface area contributed by atoms with Crippen LogP contribution in [0, 0.1) is 5.82 Å². The largest absolute Gasteiger partial charge is 0.476 e. The second-order valence-corrected chi connectivity index (χ2v) is 5.62. The topological polar surface area (TPSA) is 92.9 Å². The maximum Gasteiger partial charge on any atom is 0.358 e. The molecule has 1 saturated heterocycles. The van der Waals surface area contributed by atoms with Gasteiger partial charge in [0.1, 0.15) is 0 Å². The van der Waals surface area contributed by atoms with Crippen molar-refractivity contribution in [1.82, 2.24) is 5.16 Å². The Morgan fingerprint density at radius 3 is 2.65 bits per heavy atom. The molecule has 0 spiro atoms. The number of ether oxygens (including phenoxy) is 1. The van der Waals surface area contributed by atoms with E-state index in [1.165, 1.54) is 6.07 Å². The zero-order valence-electron chi connectivity index (χ0n) is 12.6. The van der Waals surface area contributed by atoms with E-state index in [1.54, 1.807) is 4.90 Å². The van der Waals surface area contributed by atoms with Crippen LogP contribution in [0.2, 0.25) is 0 Å². The predicted molar refractivity (Wildman–Crippen MR) is 78.5 cm³/mol. The minimum absolute atomic E-state index is 0.0322. The van der Waals surface area contributed by atoms with Crippen LogP contribution in [0.5, 0.6) is 0 Å². The number of hydrogen-bond acceptors (Lipinski definition) is 6. The number of morpholine rings is 1. The Morgan fingerprint density at radius 1 is 1.43 bits per heavy atom. The summed E-state index contributed by atoms with van der Waals surface area (Å²) >= 11 is 0. The molecule has 0 unspecified atom stereocenters. The number of anilines is 1. The van der Waals surface area contributed by atoms with Crippen LogP contribution < -0.4 is 4.90 Å². The first-order valence-corrected chi connectivity index (χ1v) is 7.13. The Bertz CT molecular complexity index is 778. The molecule has 0 amide bonds. The van der Waals surface area contributed by atoms with Crippen LogP contribution in [0.4, 0.5) is 10.1 Å². The number of halogens is 1. The summed E-state index contributed by atoms with van der Waals surface area (Å²) in [6, 6.07) is 1.30. The highest BCUT2D eigenvalue weighted by Gasteiger charge is 2.30. The zero-order chi connectivity index (χ0) is 16.7. The van der Waals surface area contributed by atoms with Crippen molar-refractivity contribution in [1.29, 1.82) is 0 Å². The first kappa shape index (κ1) is 15.4. The second kappa shape index (κ2) is 5.62. The van der Waals surface area contributed by atoms with Gasteiger partial charge in [-0.2, -0.15) is 0 Å². The van der Waals surface area contributed by atoms with Crippen molar-refractivity contribution in [2.45, 2.75) is 26.1 Å². The van der Waals surface area contributed by atoms with Crippen LogP contribution in [0.3, 0.4) is 0 Å². The molecule has 23 heavy (non-hydrogen) atoms. The number of aromatic nitrogens is 1. The van der Waals surface area contributed by atoms with Crippen LogP contribution >= 0.6 is 0 Å². The van der Waals surface area contributed by atoms with Crippen molar-refractivity contribution in [3.05, 3.63) is 23.1 Å². The van der Waals surface area contributed by atoms with E-state index in [-0.39, 0.29) is 34.4 Å². The quantitative estimate of drug-likeness (QED) is 0.865. The van der Waals surface area contributed by atoms with E-state index in [0.29, 0.717) is 19.4 Å². The van der Waals surface area contributed by atoms with Gasteiger partial charge in [0.05, 0.1) is 23.3 Å². The highest BCUT2D eigenvalue weighted by Crippen LogP contribution is 2.34. The van der Waals surface area contributed by atoms with Crippen molar-refractivity contribution < 1.29 is 28.3 Å². The molecule has 1 N–H and O–H groups in total. The molecule has 2 aromatic rings. The average Bonchev–Trinajstić information content (AvgIpc) is 2.90. The number of benzene rings is 1. The first-order valence-electron chi connectivity index (χ1n) is 7.13. The van der Waals surface area contributed by atoms with Gasteiger partial charge in [0.2, 0.25) is 5.58 Å². The maximum absolute atomic E-state index is 14.9. The minimum atomic E-state index is -1.35. The van der Waals surface area contributed by atoms with Crippen LogP contribution in [0.25, 0.3) is 11.0 Å². The monoisotopic (exact) mass is 322 g/mol. The summed E-state index contributed by atoms with van der Waals surface area (Å²) in [6.45, 7) is 4.54. The average molecular weight is 322 g/mol. The highest BCUT2D eigenvalue weighted by molar-refractivity contribution is 6.04. The van der Waals surface area contributed by atoms with Crippen LogP contribution in [-0.2, 0) is 4.74 Å². The molecular weight excluding hydrogens is 307 g/mol. The number of rotatable bonds is 3. The lowest BCUT2D eigenvalue weighted by atomic mass is 10.1. The normalized spacial score (nSPS) is 21.6. The molecule has 0 aliphatic carbocycles. The van der Waals surface area contributed by atoms with Crippen LogP contribution in [0.1, 0.15) is 34.7 Å². The number of carboxylic acids is 1. The molecule has 2 heterocycles. The van der Waals surface area contributed by atoms with Crippen molar-refractivity contribution in [2.24, 2.45) is 0 Å². The Hall–Kier alpha value is -2.48. The fourth-order valence-corrected chi connectivity index (χ4v) is 2.97. The molecular formula is C15H15FN2O5. The Balaban J connectivity index is 2.18. The molecule has 7 nitrogen and oxygen atoms in total. The van der Waals surface area contributed by atoms with Gasteiger partial charge in [-0.15, -0.1) is 0 Å². The van der Waals surface area contributed by atoms with Gasteiger partial charge in [-0.3, -0.25) is 4.79 Å². The molecule has 0 radical (unpaired) electrons. The lowest BCUT2D eigenvalue weighted by Gasteiger charge is -2.37. The van der Waals surface area contributed by atoms with E-state index in [1.807, 2.05) is 13.8 Å². The molecule has 2 atom stereocenters. The van der Waals surface area contributed by atoms with E-state index < -0.39 is 17.5 Å². The van der Waals surface area contributed by atoms with Crippen LogP contribution in [0.15, 0.2) is 10.6 Å². The molecule has 0 bridgehead atoms. The Kier molecular flexibility index (Phi) is 3.77. The van der Waals surface area contributed by atoms with Gasteiger partial charge in [-0.1, -0.05) is 5.16 Å². The van der Waals surface area contributed by atoms with Gasteiger partial charge >= 0.3 is 5.97 Å². The number of aldehydes is 1. The second-order valence-electron chi connectivity index (χ2n) is 5.62. The molecule has 1 fully saturated rings. The molecule has 0 saturated carbocycles. The predicted octanol–water partition coefficient (Wildman–Crippen LogP) is 2.09. The van der Waals surface area contributed by atoms with E-state index in [2.05, 4.69) is 5.16 Å². The number of fused-ring (bicyclic) bond motifs is 1. The summed E-state index contributed by atoms with van der Waals surface area (Å²) in [5, 5.41) is 12.4. The van der Waals surface area contributed by atoms with Crippen molar-refractivity contribution in [3.8, 4) is 0 Å². The van der Waals surface area contributed by atoms with Gasteiger partial charge in [0.15, 0.2) is 17.8 Å². The summed E-state index contributed by atoms with van der Waals surface area (Å²) in [4.78, 5) is 24.2. The third kappa shape index (κ3) is 2.55. The van der Waals surface area contributed by atoms with Gasteiger partial charge < -0.3 is 19.3 Å². The number of carboxylic acid groups (broad SMARTS) is 1. The Morgan fingerprint density at radius 2 is 2.09 bits per heavy atom. The lowest BCUT2D eigenvalue weighted by molar-refractivity contribution is -0.00543. The summed E-state index contributed by atoms with van der Waals surface area (Å²) in [7, 11) is 0. The van der Waals surface area contributed by atoms with Gasteiger partial charge in [0.25, 0.3) is 0 Å². The number of aromatic carboxylic acids is 1. The molecule has 3 rings (SSSR count). The summed E-state index contributed by atoms with van der Waals surface area (Å²) in [5.74, 6) is -2.13. The molecule has 1 aliphatic rings. The van der Waals surface area contributed by atoms with Crippen LogP contribution in [-0.4, -0.2) is 47.8 Å². The fourth-order valence-electron chi connectivity index (χ4n) is 2.97. The molecule has 1 aromatic heterocycles. The number of hydrogen-bond donors (Lipinski definition) is 1.